The Morgan fingerprint density at radius 3 is 2.45 bits per heavy atom. The van der Waals surface area contributed by atoms with Crippen molar-refractivity contribution < 1.29 is 10.0 Å². The summed E-state index contributed by atoms with van der Waals surface area (Å²) in [5, 5.41) is 20.1. The number of anilines is 1. The van der Waals surface area contributed by atoms with Crippen LogP contribution in [0.5, 0.6) is 0 Å². The maximum absolute atomic E-state index is 10.9. The smallest absolute Gasteiger partial charge is 0.275 e. The minimum Gasteiger partial charge on any atom is -0.391 e. The molecule has 2 rings (SSSR count). The number of hydrogen-bond donors (Lipinski definition) is 1. The Bertz CT molecular complexity index is 483. The van der Waals surface area contributed by atoms with Gasteiger partial charge in [0.25, 0.3) is 5.69 Å². The van der Waals surface area contributed by atoms with Gasteiger partial charge < -0.3 is 10.0 Å². The second-order valence-corrected chi connectivity index (χ2v) is 5.35. The second kappa shape index (κ2) is 6.19. The third-order valence-electron chi connectivity index (χ3n) is 3.84. The molecule has 1 aromatic carbocycles. The monoisotopic (exact) mass is 279 g/mol. The molecule has 20 heavy (non-hydrogen) atoms. The Morgan fingerprint density at radius 1 is 1.30 bits per heavy atom. The molecule has 0 aliphatic carbocycles. The Morgan fingerprint density at radius 2 is 1.95 bits per heavy atom. The first kappa shape index (κ1) is 14.7. The van der Waals surface area contributed by atoms with Crippen LogP contribution in [0.15, 0.2) is 18.2 Å². The summed E-state index contributed by atoms with van der Waals surface area (Å²) >= 11 is 0. The van der Waals surface area contributed by atoms with Crippen molar-refractivity contribution in [2.75, 3.05) is 31.1 Å². The van der Waals surface area contributed by atoms with E-state index in [4.69, 9.17) is 0 Å². The number of benzene rings is 1. The van der Waals surface area contributed by atoms with Gasteiger partial charge in [0.15, 0.2) is 0 Å². The van der Waals surface area contributed by atoms with Gasteiger partial charge in [-0.15, -0.1) is 0 Å². The van der Waals surface area contributed by atoms with Crippen molar-refractivity contribution in [2.24, 2.45) is 0 Å². The molecule has 6 nitrogen and oxygen atoms in total. The summed E-state index contributed by atoms with van der Waals surface area (Å²) in [5.74, 6) is 0. The van der Waals surface area contributed by atoms with Crippen LogP contribution in [0.25, 0.3) is 0 Å². The maximum atomic E-state index is 10.9. The Labute approximate surface area is 118 Å². The quantitative estimate of drug-likeness (QED) is 0.670. The van der Waals surface area contributed by atoms with Crippen molar-refractivity contribution >= 4 is 11.4 Å². The zero-order valence-corrected chi connectivity index (χ0v) is 12.0. The Kier molecular flexibility index (Phi) is 4.57. The molecule has 0 unspecified atom stereocenters. The van der Waals surface area contributed by atoms with Crippen LogP contribution >= 0.6 is 0 Å². The first-order chi connectivity index (χ1) is 9.52. The summed E-state index contributed by atoms with van der Waals surface area (Å²) < 4.78 is 0. The van der Waals surface area contributed by atoms with Gasteiger partial charge in [0.05, 0.1) is 17.1 Å². The molecule has 1 saturated heterocycles. The normalized spacial score (nSPS) is 16.7. The zero-order valence-electron chi connectivity index (χ0n) is 12.0. The van der Waals surface area contributed by atoms with Crippen LogP contribution < -0.4 is 4.90 Å². The van der Waals surface area contributed by atoms with E-state index in [0.29, 0.717) is 11.6 Å². The minimum absolute atomic E-state index is 0.0166. The molecule has 1 heterocycles. The third kappa shape index (κ3) is 3.08. The highest BCUT2D eigenvalue weighted by atomic mass is 16.6. The van der Waals surface area contributed by atoms with Crippen LogP contribution in [0.1, 0.15) is 19.4 Å². The summed E-state index contributed by atoms with van der Waals surface area (Å²) in [7, 11) is 0. The average Bonchev–Trinajstić information content (AvgIpc) is 2.46. The summed E-state index contributed by atoms with van der Waals surface area (Å²) in [4.78, 5) is 15.0. The third-order valence-corrected chi connectivity index (χ3v) is 3.84. The van der Waals surface area contributed by atoms with E-state index < -0.39 is 4.92 Å². The molecule has 0 aromatic heterocycles. The lowest BCUT2D eigenvalue weighted by Crippen LogP contribution is -2.48. The largest absolute Gasteiger partial charge is 0.391 e. The number of hydrogen-bond acceptors (Lipinski definition) is 5. The number of rotatable bonds is 4. The number of aliphatic hydroxyl groups excluding tert-OH is 1. The minimum atomic E-state index is -0.452. The number of piperazine rings is 1. The fourth-order valence-electron chi connectivity index (χ4n) is 2.57. The molecule has 0 radical (unpaired) electrons. The first-order valence-corrected chi connectivity index (χ1v) is 6.90. The van der Waals surface area contributed by atoms with Crippen LogP contribution in [0, 0.1) is 10.1 Å². The second-order valence-electron chi connectivity index (χ2n) is 5.35. The van der Waals surface area contributed by atoms with Crippen LogP contribution in [0.3, 0.4) is 0 Å². The Balaban J connectivity index is 2.12. The average molecular weight is 279 g/mol. The van der Waals surface area contributed by atoms with E-state index in [-0.39, 0.29) is 12.3 Å². The molecule has 0 spiro atoms. The molecular weight excluding hydrogens is 258 g/mol. The van der Waals surface area contributed by atoms with Crippen LogP contribution in [-0.4, -0.2) is 47.2 Å². The van der Waals surface area contributed by atoms with Crippen molar-refractivity contribution in [3.8, 4) is 0 Å². The van der Waals surface area contributed by atoms with Gasteiger partial charge in [-0.3, -0.25) is 15.0 Å². The molecule has 0 amide bonds. The molecular formula is C14H21N3O3. The number of nitrogens with zero attached hydrogens (tertiary/aromatic N) is 3. The molecule has 0 atom stereocenters. The van der Waals surface area contributed by atoms with Gasteiger partial charge in [-0.05, 0) is 26.0 Å². The molecule has 1 aliphatic heterocycles. The molecule has 1 aliphatic rings. The van der Waals surface area contributed by atoms with E-state index in [2.05, 4.69) is 23.6 Å². The lowest BCUT2D eigenvalue weighted by molar-refractivity contribution is -0.385. The van der Waals surface area contributed by atoms with Gasteiger partial charge in [-0.25, -0.2) is 0 Å². The van der Waals surface area contributed by atoms with Crippen molar-refractivity contribution in [1.29, 1.82) is 0 Å². The highest BCUT2D eigenvalue weighted by Gasteiger charge is 2.21. The molecule has 1 aromatic rings. The summed E-state index contributed by atoms with van der Waals surface area (Å²) in [6, 6.07) is 5.52. The molecule has 110 valence electrons. The van der Waals surface area contributed by atoms with Gasteiger partial charge in [-0.1, -0.05) is 0 Å². The van der Waals surface area contributed by atoms with Crippen molar-refractivity contribution in [3.05, 3.63) is 33.9 Å². The standard InChI is InChI=1S/C14H21N3O3/c1-11(2)15-5-7-16(8-6-15)13-3-4-14(17(19)20)12(9-13)10-18/h3-4,9,11,18H,5-8,10H2,1-2H3. The van der Waals surface area contributed by atoms with E-state index in [1.807, 2.05) is 0 Å². The lowest BCUT2D eigenvalue weighted by atomic mass is 10.1. The molecule has 6 heteroatoms. The van der Waals surface area contributed by atoms with Gasteiger partial charge in [0.1, 0.15) is 0 Å². The number of aliphatic hydroxyl groups is 1. The van der Waals surface area contributed by atoms with Crippen molar-refractivity contribution in [2.45, 2.75) is 26.5 Å². The van der Waals surface area contributed by atoms with Gasteiger partial charge >= 0.3 is 0 Å². The number of nitro benzene ring substituents is 1. The Hall–Kier alpha value is -1.66. The first-order valence-electron chi connectivity index (χ1n) is 6.90. The van der Waals surface area contributed by atoms with Crippen molar-refractivity contribution in [1.82, 2.24) is 4.90 Å². The summed E-state index contributed by atoms with van der Waals surface area (Å²) in [5.41, 5.74) is 1.30. The molecule has 0 bridgehead atoms. The van der Waals surface area contributed by atoms with Crippen LogP contribution in [0.2, 0.25) is 0 Å². The van der Waals surface area contributed by atoms with Crippen LogP contribution in [-0.2, 0) is 6.61 Å². The SMILES string of the molecule is CC(C)N1CCN(c2ccc([N+](=O)[O-])c(CO)c2)CC1. The fraction of sp³-hybridized carbons (Fsp3) is 0.571. The van der Waals surface area contributed by atoms with E-state index >= 15 is 0 Å². The van der Waals surface area contributed by atoms with Crippen molar-refractivity contribution in [3.63, 3.8) is 0 Å². The molecule has 1 N–H and O–H groups in total. The lowest BCUT2D eigenvalue weighted by Gasteiger charge is -2.38. The summed E-state index contributed by atoms with van der Waals surface area (Å²) in [6.45, 7) is 7.85. The zero-order chi connectivity index (χ0) is 14.7. The van der Waals surface area contributed by atoms with Crippen LogP contribution in [0.4, 0.5) is 11.4 Å². The predicted molar refractivity (Wildman–Crippen MR) is 77.9 cm³/mol. The fourth-order valence-corrected chi connectivity index (χ4v) is 2.57. The highest BCUT2D eigenvalue weighted by Crippen LogP contribution is 2.26. The van der Waals surface area contributed by atoms with Gasteiger partial charge in [0, 0.05) is 44.0 Å². The van der Waals surface area contributed by atoms with Gasteiger partial charge in [-0.2, -0.15) is 0 Å². The van der Waals surface area contributed by atoms with E-state index in [1.165, 1.54) is 6.07 Å². The molecule has 0 saturated carbocycles. The summed E-state index contributed by atoms with van der Waals surface area (Å²) in [6.07, 6.45) is 0. The topological polar surface area (TPSA) is 69.9 Å². The van der Waals surface area contributed by atoms with E-state index in [9.17, 15) is 15.2 Å². The van der Waals surface area contributed by atoms with E-state index in [0.717, 1.165) is 31.9 Å². The van der Waals surface area contributed by atoms with E-state index in [1.54, 1.807) is 12.1 Å². The number of nitro groups is 1. The highest BCUT2D eigenvalue weighted by molar-refractivity contribution is 5.55. The molecule has 1 fully saturated rings. The predicted octanol–water partition coefficient (Wildman–Crippen LogP) is 1.62. The van der Waals surface area contributed by atoms with Gasteiger partial charge in [0.2, 0.25) is 0 Å². The maximum Gasteiger partial charge on any atom is 0.275 e.